The summed E-state index contributed by atoms with van der Waals surface area (Å²) in [6.07, 6.45) is -1.48. The van der Waals surface area contributed by atoms with E-state index in [1.165, 1.54) is 29.2 Å². The van der Waals surface area contributed by atoms with E-state index < -0.39 is 40.3 Å². The number of aliphatic imine (C=N–C) groups is 1. The number of Topliss-reactive ketones (excluding diaryl/α,β-unsaturated/α-hetero) is 1. The summed E-state index contributed by atoms with van der Waals surface area (Å²) in [5.74, 6) is -1.31. The summed E-state index contributed by atoms with van der Waals surface area (Å²) in [7, 11) is 0. The molecule has 0 bridgehead atoms. The first-order valence-electron chi connectivity index (χ1n) is 10.7. The number of carbonyl (C=O) groups is 2. The molecule has 2 aromatic rings. The number of ketones is 1. The van der Waals surface area contributed by atoms with Crippen LogP contribution in [0.5, 0.6) is 0 Å². The molecular formula is C24H23F4N3O2. The Bertz CT molecular complexity index is 1140. The zero-order valence-electron chi connectivity index (χ0n) is 18.0. The van der Waals surface area contributed by atoms with Crippen molar-refractivity contribution < 1.29 is 27.2 Å². The third-order valence-electron chi connectivity index (χ3n) is 6.20. The summed E-state index contributed by atoms with van der Waals surface area (Å²) in [6.45, 7) is 0.894. The van der Waals surface area contributed by atoms with Gasteiger partial charge in [-0.25, -0.2) is 9.38 Å². The number of guanidine groups is 1. The molecule has 1 amide bonds. The van der Waals surface area contributed by atoms with E-state index >= 15 is 0 Å². The van der Waals surface area contributed by atoms with Crippen LogP contribution in [-0.4, -0.2) is 22.5 Å². The zero-order valence-corrected chi connectivity index (χ0v) is 18.0. The van der Waals surface area contributed by atoms with Gasteiger partial charge in [0.15, 0.2) is 17.3 Å². The average Bonchev–Trinajstić information content (AvgIpc) is 3.54. The van der Waals surface area contributed by atoms with Crippen molar-refractivity contribution in [1.82, 2.24) is 4.90 Å². The van der Waals surface area contributed by atoms with Crippen molar-refractivity contribution >= 4 is 17.6 Å². The van der Waals surface area contributed by atoms with Crippen molar-refractivity contribution in [2.24, 2.45) is 16.6 Å². The Labute approximate surface area is 188 Å². The van der Waals surface area contributed by atoms with Gasteiger partial charge < -0.3 is 5.73 Å². The maximum Gasteiger partial charge on any atom is 0.417 e. The Kier molecular flexibility index (Phi) is 5.76. The Balaban J connectivity index is 1.67. The van der Waals surface area contributed by atoms with Crippen LogP contribution in [-0.2, 0) is 23.1 Å². The van der Waals surface area contributed by atoms with E-state index in [1.54, 1.807) is 6.07 Å². The summed E-state index contributed by atoms with van der Waals surface area (Å²) in [6, 6.07) is 8.82. The molecule has 0 saturated heterocycles. The minimum absolute atomic E-state index is 0.0932. The molecule has 2 N–H and O–H groups in total. The fraction of sp³-hybridized carbons (Fsp3) is 0.375. The summed E-state index contributed by atoms with van der Waals surface area (Å²) in [5, 5.41) is 0. The highest BCUT2D eigenvalue weighted by molar-refractivity contribution is 6.07. The molecule has 0 radical (unpaired) electrons. The lowest BCUT2D eigenvalue weighted by Crippen LogP contribution is -2.42. The number of nitrogens with zero attached hydrogens (tertiary/aromatic N) is 2. The SMILES string of the molecule is CC(=O)c1cc(CN2C(=O)C(CCC3CC3)(c3cccc(F)c3)N=C2N)ccc1C(F)(F)F. The number of halogens is 4. The Morgan fingerprint density at radius 3 is 2.55 bits per heavy atom. The molecule has 174 valence electrons. The molecule has 1 aliphatic heterocycles. The Hall–Kier alpha value is -3.23. The van der Waals surface area contributed by atoms with Gasteiger partial charge in [0.1, 0.15) is 5.82 Å². The third kappa shape index (κ3) is 4.49. The van der Waals surface area contributed by atoms with E-state index in [1.807, 2.05) is 0 Å². The van der Waals surface area contributed by atoms with Crippen LogP contribution in [0.2, 0.25) is 0 Å². The van der Waals surface area contributed by atoms with Crippen LogP contribution < -0.4 is 5.73 Å². The lowest BCUT2D eigenvalue weighted by molar-refractivity contribution is -0.138. The highest BCUT2D eigenvalue weighted by Crippen LogP contribution is 2.43. The highest BCUT2D eigenvalue weighted by Gasteiger charge is 2.49. The Morgan fingerprint density at radius 2 is 1.94 bits per heavy atom. The fourth-order valence-corrected chi connectivity index (χ4v) is 4.26. The highest BCUT2D eigenvalue weighted by atomic mass is 19.4. The smallest absolute Gasteiger partial charge is 0.369 e. The molecule has 1 atom stereocenters. The van der Waals surface area contributed by atoms with E-state index in [-0.39, 0.29) is 12.5 Å². The lowest BCUT2D eigenvalue weighted by Gasteiger charge is -2.27. The van der Waals surface area contributed by atoms with Crippen LogP contribution in [0.15, 0.2) is 47.5 Å². The largest absolute Gasteiger partial charge is 0.417 e. The summed E-state index contributed by atoms with van der Waals surface area (Å²) in [4.78, 5) is 31.1. The van der Waals surface area contributed by atoms with E-state index in [0.29, 0.717) is 23.5 Å². The molecule has 1 fully saturated rings. The van der Waals surface area contributed by atoms with Gasteiger partial charge in [0.05, 0.1) is 12.1 Å². The Morgan fingerprint density at radius 1 is 1.21 bits per heavy atom. The van der Waals surface area contributed by atoms with Crippen LogP contribution in [0.3, 0.4) is 0 Å². The molecule has 0 aromatic heterocycles. The van der Waals surface area contributed by atoms with Crippen LogP contribution >= 0.6 is 0 Å². The molecular weight excluding hydrogens is 438 g/mol. The molecule has 5 nitrogen and oxygen atoms in total. The molecule has 1 aliphatic carbocycles. The molecule has 2 aromatic carbocycles. The first-order valence-corrected chi connectivity index (χ1v) is 10.7. The van der Waals surface area contributed by atoms with Gasteiger partial charge in [0, 0.05) is 5.56 Å². The molecule has 1 saturated carbocycles. The number of hydrogen-bond acceptors (Lipinski definition) is 4. The van der Waals surface area contributed by atoms with Gasteiger partial charge in [0.25, 0.3) is 5.91 Å². The second kappa shape index (κ2) is 8.28. The van der Waals surface area contributed by atoms with Crippen LogP contribution in [0, 0.1) is 11.7 Å². The van der Waals surface area contributed by atoms with Gasteiger partial charge >= 0.3 is 6.18 Å². The maximum absolute atomic E-state index is 14.0. The summed E-state index contributed by atoms with van der Waals surface area (Å²) in [5.41, 5.74) is 3.89. The van der Waals surface area contributed by atoms with E-state index in [9.17, 15) is 27.2 Å². The number of rotatable bonds is 7. The standard InChI is InChI=1S/C24H23F4N3O2/c1-14(32)19-11-16(7-8-20(19)24(26,27)28)13-31-21(33)23(30-22(31)29,10-9-15-5-6-15)17-3-2-4-18(25)12-17/h2-4,7-8,11-12,15H,5-6,9-10,13H2,1H3,(H2,29,30). The number of carbonyl (C=O) groups excluding carboxylic acids is 2. The van der Waals surface area contributed by atoms with Crippen molar-refractivity contribution in [1.29, 1.82) is 0 Å². The number of nitrogens with two attached hydrogens (primary N) is 1. The molecule has 0 spiro atoms. The molecule has 9 heteroatoms. The molecule has 33 heavy (non-hydrogen) atoms. The second-order valence-corrected chi connectivity index (χ2v) is 8.65. The molecule has 1 heterocycles. The van der Waals surface area contributed by atoms with Crippen molar-refractivity contribution in [2.75, 3.05) is 0 Å². The monoisotopic (exact) mass is 461 g/mol. The quantitative estimate of drug-likeness (QED) is 0.476. The van der Waals surface area contributed by atoms with Gasteiger partial charge in [-0.3, -0.25) is 14.5 Å². The van der Waals surface area contributed by atoms with Gasteiger partial charge in [0.2, 0.25) is 0 Å². The predicted molar refractivity (Wildman–Crippen MR) is 114 cm³/mol. The summed E-state index contributed by atoms with van der Waals surface area (Å²) < 4.78 is 53.8. The first-order chi connectivity index (χ1) is 15.5. The van der Waals surface area contributed by atoms with E-state index in [0.717, 1.165) is 38.3 Å². The number of hydrogen-bond donors (Lipinski definition) is 1. The predicted octanol–water partition coefficient (Wildman–Crippen LogP) is 4.79. The summed E-state index contributed by atoms with van der Waals surface area (Å²) >= 11 is 0. The fourth-order valence-electron chi connectivity index (χ4n) is 4.26. The molecule has 2 aliphatic rings. The number of benzene rings is 2. The van der Waals surface area contributed by atoms with E-state index in [4.69, 9.17) is 5.73 Å². The number of amides is 1. The zero-order chi connectivity index (χ0) is 24.0. The van der Waals surface area contributed by atoms with Crippen LogP contribution in [0.25, 0.3) is 0 Å². The van der Waals surface area contributed by atoms with Crippen molar-refractivity contribution in [3.05, 3.63) is 70.5 Å². The third-order valence-corrected chi connectivity index (χ3v) is 6.20. The molecule has 4 rings (SSSR count). The van der Waals surface area contributed by atoms with Crippen molar-refractivity contribution in [3.8, 4) is 0 Å². The topological polar surface area (TPSA) is 75.8 Å². The number of alkyl halides is 3. The minimum atomic E-state index is -4.68. The van der Waals surface area contributed by atoms with Gasteiger partial charge in [-0.1, -0.05) is 31.0 Å². The minimum Gasteiger partial charge on any atom is -0.369 e. The van der Waals surface area contributed by atoms with Gasteiger partial charge in [-0.15, -0.1) is 0 Å². The van der Waals surface area contributed by atoms with Crippen LogP contribution in [0.1, 0.15) is 59.7 Å². The van der Waals surface area contributed by atoms with Crippen LogP contribution in [0.4, 0.5) is 17.6 Å². The van der Waals surface area contributed by atoms with Gasteiger partial charge in [-0.2, -0.15) is 13.2 Å². The molecule has 1 unspecified atom stereocenters. The lowest BCUT2D eigenvalue weighted by atomic mass is 9.84. The van der Waals surface area contributed by atoms with Gasteiger partial charge in [-0.05, 0) is 61.1 Å². The van der Waals surface area contributed by atoms with Crippen molar-refractivity contribution in [2.45, 2.75) is 50.9 Å². The second-order valence-electron chi connectivity index (χ2n) is 8.65. The van der Waals surface area contributed by atoms with E-state index in [2.05, 4.69) is 4.99 Å². The maximum atomic E-state index is 14.0. The average molecular weight is 461 g/mol. The first kappa shape index (κ1) is 22.9. The van der Waals surface area contributed by atoms with Crippen molar-refractivity contribution in [3.63, 3.8) is 0 Å². The normalized spacial score (nSPS) is 20.8.